The van der Waals surface area contributed by atoms with Crippen LogP contribution in [0.1, 0.15) is 41.0 Å². The summed E-state index contributed by atoms with van der Waals surface area (Å²) in [5, 5.41) is 0.190. The van der Waals surface area contributed by atoms with Crippen molar-refractivity contribution in [3.05, 3.63) is 33.3 Å². The lowest BCUT2D eigenvalue weighted by molar-refractivity contribution is -0.155. The molecule has 2 aliphatic rings. The van der Waals surface area contributed by atoms with Crippen LogP contribution in [0.15, 0.2) is 12.1 Å². The van der Waals surface area contributed by atoms with Crippen molar-refractivity contribution in [2.24, 2.45) is 0 Å². The number of nitrogens with zero attached hydrogens (tertiary/aromatic N) is 2. The van der Waals surface area contributed by atoms with Gasteiger partial charge in [-0.2, -0.15) is 0 Å². The number of imide groups is 1. The first-order chi connectivity index (χ1) is 14.5. The number of sulfone groups is 1. The number of amides is 3. The van der Waals surface area contributed by atoms with E-state index in [1.54, 1.807) is 6.92 Å². The molecule has 3 rings (SSSR count). The molecule has 168 valence electrons. The summed E-state index contributed by atoms with van der Waals surface area (Å²) in [5.74, 6) is -3.06. The predicted octanol–water partition coefficient (Wildman–Crippen LogP) is 1.56. The Hall–Kier alpha value is -2.17. The van der Waals surface area contributed by atoms with Gasteiger partial charge >= 0.3 is 5.97 Å². The van der Waals surface area contributed by atoms with Crippen LogP contribution in [-0.2, 0) is 24.2 Å². The van der Waals surface area contributed by atoms with Crippen molar-refractivity contribution in [2.75, 3.05) is 24.7 Å². The Morgan fingerprint density at radius 2 is 1.74 bits per heavy atom. The molecule has 12 heteroatoms. The molecule has 1 fully saturated rings. The van der Waals surface area contributed by atoms with Crippen molar-refractivity contribution >= 4 is 56.7 Å². The normalized spacial score (nSPS) is 20.5. The molecule has 0 bridgehead atoms. The van der Waals surface area contributed by atoms with Crippen LogP contribution in [0.3, 0.4) is 0 Å². The van der Waals surface area contributed by atoms with Crippen molar-refractivity contribution in [3.63, 3.8) is 0 Å². The van der Waals surface area contributed by atoms with Gasteiger partial charge in [-0.15, -0.1) is 0 Å². The van der Waals surface area contributed by atoms with E-state index in [0.29, 0.717) is 6.42 Å². The van der Waals surface area contributed by atoms with Crippen LogP contribution in [0.2, 0.25) is 10.0 Å². The average molecular weight is 491 g/mol. The first-order valence-electron chi connectivity index (χ1n) is 9.50. The van der Waals surface area contributed by atoms with Crippen molar-refractivity contribution in [3.8, 4) is 0 Å². The van der Waals surface area contributed by atoms with Crippen LogP contribution in [0, 0.1) is 0 Å². The summed E-state index contributed by atoms with van der Waals surface area (Å²) >= 11 is 11.8. The number of ether oxygens (including phenoxy) is 1. The van der Waals surface area contributed by atoms with Gasteiger partial charge < -0.3 is 9.64 Å². The number of hydrogen-bond donors (Lipinski definition) is 0. The van der Waals surface area contributed by atoms with Crippen molar-refractivity contribution in [1.82, 2.24) is 9.80 Å². The van der Waals surface area contributed by atoms with Gasteiger partial charge in [0.1, 0.15) is 6.04 Å². The standard InChI is InChI=1S/C19H20Cl2N2O7S/c1-3-22(11-4-5-31(28,29)9-11)16(24)8-30-19(27)10(2)23-17(25)12-6-14(20)15(21)7-13(12)18(23)26/h6-7,10-11H,3-5,8-9H2,1-2H3/t10-,11?/m0/s1. The Balaban J connectivity index is 1.65. The van der Waals surface area contributed by atoms with Gasteiger partial charge in [0.15, 0.2) is 16.4 Å². The second-order valence-electron chi connectivity index (χ2n) is 7.31. The van der Waals surface area contributed by atoms with E-state index in [4.69, 9.17) is 27.9 Å². The van der Waals surface area contributed by atoms with Crippen molar-refractivity contribution in [2.45, 2.75) is 32.4 Å². The molecule has 0 radical (unpaired) electrons. The highest BCUT2D eigenvalue weighted by Crippen LogP contribution is 2.32. The third-order valence-corrected chi connectivity index (χ3v) is 7.81. The minimum absolute atomic E-state index is 0.00600. The molecule has 1 saturated heterocycles. The quantitative estimate of drug-likeness (QED) is 0.438. The molecule has 0 saturated carbocycles. The van der Waals surface area contributed by atoms with E-state index in [9.17, 15) is 27.6 Å². The summed E-state index contributed by atoms with van der Waals surface area (Å²) in [5.41, 5.74) is 0.0458. The highest BCUT2D eigenvalue weighted by atomic mass is 35.5. The molecular weight excluding hydrogens is 471 g/mol. The fourth-order valence-corrected chi connectivity index (χ4v) is 5.76. The molecule has 31 heavy (non-hydrogen) atoms. The molecule has 1 unspecified atom stereocenters. The number of fused-ring (bicyclic) bond motifs is 1. The molecule has 9 nitrogen and oxygen atoms in total. The molecule has 1 aromatic carbocycles. The number of esters is 1. The van der Waals surface area contributed by atoms with Crippen LogP contribution in [0.4, 0.5) is 0 Å². The summed E-state index contributed by atoms with van der Waals surface area (Å²) in [7, 11) is -3.19. The van der Waals surface area contributed by atoms with E-state index in [-0.39, 0.29) is 39.2 Å². The van der Waals surface area contributed by atoms with Crippen LogP contribution in [-0.4, -0.2) is 78.6 Å². The molecule has 0 spiro atoms. The maximum Gasteiger partial charge on any atom is 0.329 e. The predicted molar refractivity (Wildman–Crippen MR) is 112 cm³/mol. The van der Waals surface area contributed by atoms with Gasteiger partial charge in [0.2, 0.25) is 0 Å². The van der Waals surface area contributed by atoms with E-state index in [0.717, 1.165) is 4.90 Å². The number of rotatable bonds is 6. The molecule has 0 N–H and O–H groups in total. The van der Waals surface area contributed by atoms with Gasteiger partial charge in [-0.05, 0) is 32.4 Å². The van der Waals surface area contributed by atoms with Gasteiger partial charge in [-0.1, -0.05) is 23.2 Å². The zero-order valence-corrected chi connectivity index (χ0v) is 19.1. The number of benzene rings is 1. The maximum atomic E-state index is 12.6. The first kappa shape index (κ1) is 23.5. The minimum Gasteiger partial charge on any atom is -0.454 e. The lowest BCUT2D eigenvalue weighted by Crippen LogP contribution is -2.46. The monoisotopic (exact) mass is 490 g/mol. The third-order valence-electron chi connectivity index (χ3n) is 5.34. The molecular formula is C19H20Cl2N2O7S. The number of carbonyl (C=O) groups is 4. The number of carbonyl (C=O) groups excluding carboxylic acids is 4. The molecule has 2 atom stereocenters. The molecule has 2 aliphatic heterocycles. The minimum atomic E-state index is -3.19. The number of likely N-dealkylation sites (N-methyl/N-ethyl adjacent to an activating group) is 1. The average Bonchev–Trinajstić information content (AvgIpc) is 3.17. The fourth-order valence-electron chi connectivity index (χ4n) is 3.71. The largest absolute Gasteiger partial charge is 0.454 e. The van der Waals surface area contributed by atoms with Crippen molar-refractivity contribution < 1.29 is 32.3 Å². The molecule has 2 heterocycles. The van der Waals surface area contributed by atoms with E-state index in [1.807, 2.05) is 0 Å². The summed E-state index contributed by atoms with van der Waals surface area (Å²) < 4.78 is 28.4. The number of hydrogen-bond acceptors (Lipinski definition) is 7. The molecule has 3 amide bonds. The fraction of sp³-hybridized carbons (Fsp3) is 0.474. The molecule has 0 aliphatic carbocycles. The smallest absolute Gasteiger partial charge is 0.329 e. The Kier molecular flexibility index (Phi) is 6.64. The van der Waals surface area contributed by atoms with Crippen LogP contribution in [0.5, 0.6) is 0 Å². The summed E-state index contributed by atoms with van der Waals surface area (Å²) in [6.45, 7) is 2.63. The summed E-state index contributed by atoms with van der Waals surface area (Å²) in [4.78, 5) is 52.2. The van der Waals surface area contributed by atoms with Crippen LogP contribution < -0.4 is 0 Å². The number of halogens is 2. The highest BCUT2D eigenvalue weighted by molar-refractivity contribution is 7.91. The van der Waals surface area contributed by atoms with Crippen LogP contribution >= 0.6 is 23.2 Å². The lowest BCUT2D eigenvalue weighted by atomic mass is 10.1. The Morgan fingerprint density at radius 1 is 1.19 bits per heavy atom. The van der Waals surface area contributed by atoms with Crippen LogP contribution in [0.25, 0.3) is 0 Å². The van der Waals surface area contributed by atoms with E-state index in [2.05, 4.69) is 0 Å². The topological polar surface area (TPSA) is 118 Å². The highest BCUT2D eigenvalue weighted by Gasteiger charge is 2.42. The first-order valence-corrected chi connectivity index (χ1v) is 12.1. The Labute approximate surface area is 189 Å². The molecule has 0 aromatic heterocycles. The third kappa shape index (κ3) is 4.56. The zero-order chi connectivity index (χ0) is 23.1. The zero-order valence-electron chi connectivity index (χ0n) is 16.8. The molecule has 1 aromatic rings. The second-order valence-corrected chi connectivity index (χ2v) is 10.4. The van der Waals surface area contributed by atoms with Gasteiger partial charge in [0.25, 0.3) is 17.7 Å². The Bertz CT molecular complexity index is 1030. The Morgan fingerprint density at radius 3 is 2.19 bits per heavy atom. The maximum absolute atomic E-state index is 12.6. The van der Waals surface area contributed by atoms with Crippen molar-refractivity contribution in [1.29, 1.82) is 0 Å². The van der Waals surface area contributed by atoms with E-state index in [1.165, 1.54) is 24.0 Å². The van der Waals surface area contributed by atoms with Gasteiger partial charge in [-0.25, -0.2) is 13.2 Å². The van der Waals surface area contributed by atoms with Gasteiger partial charge in [-0.3, -0.25) is 19.3 Å². The second kappa shape index (κ2) is 8.76. The SMILES string of the molecule is CCN(C(=O)COC(=O)[C@H](C)N1C(=O)c2cc(Cl)c(Cl)cc2C1=O)C1CCS(=O)(=O)C1. The van der Waals surface area contributed by atoms with Gasteiger partial charge in [0, 0.05) is 12.6 Å². The summed E-state index contributed by atoms with van der Waals surface area (Å²) in [6.07, 6.45) is 0.326. The van der Waals surface area contributed by atoms with E-state index < -0.39 is 52.2 Å². The lowest BCUT2D eigenvalue weighted by Gasteiger charge is -2.27. The van der Waals surface area contributed by atoms with E-state index >= 15 is 0 Å². The van der Waals surface area contributed by atoms with Gasteiger partial charge in [0.05, 0.1) is 32.7 Å². The summed E-state index contributed by atoms with van der Waals surface area (Å²) in [6, 6.07) is 0.759.